The largest absolute Gasteiger partial charge is 0.465 e. The van der Waals surface area contributed by atoms with Gasteiger partial charge >= 0.3 is 5.97 Å². The highest BCUT2D eigenvalue weighted by atomic mass is 16.5. The van der Waals surface area contributed by atoms with E-state index < -0.39 is 0 Å². The predicted octanol–water partition coefficient (Wildman–Crippen LogP) is 14.2. The highest BCUT2D eigenvalue weighted by molar-refractivity contribution is 5.69. The number of unbranched alkanes of at least 4 members (excludes halogenated alkanes) is 25. The molecular weight excluding hydrogens is 512 g/mol. The van der Waals surface area contributed by atoms with Gasteiger partial charge in [-0.3, -0.25) is 4.79 Å². The van der Waals surface area contributed by atoms with Crippen LogP contribution >= 0.6 is 0 Å². The van der Waals surface area contributed by atoms with Crippen LogP contribution in [0, 0.1) is 5.92 Å². The van der Waals surface area contributed by atoms with Crippen LogP contribution in [0.4, 0.5) is 0 Å². The number of allylic oxidation sites excluding steroid dienone is 2. The summed E-state index contributed by atoms with van der Waals surface area (Å²) in [5.41, 5.74) is 0. The van der Waals surface area contributed by atoms with Crippen molar-refractivity contribution in [3.05, 3.63) is 12.2 Å². The number of rotatable bonds is 35. The molecule has 0 aromatic rings. The topological polar surface area (TPSA) is 26.3 Å². The van der Waals surface area contributed by atoms with Gasteiger partial charge in [0.1, 0.15) is 0 Å². The molecule has 0 aliphatic carbocycles. The van der Waals surface area contributed by atoms with Gasteiger partial charge in [-0.2, -0.15) is 0 Å². The Balaban J connectivity index is 3.99. The van der Waals surface area contributed by atoms with Crippen LogP contribution in [0.15, 0.2) is 12.2 Å². The molecule has 42 heavy (non-hydrogen) atoms. The fourth-order valence-electron chi connectivity index (χ4n) is 6.07. The molecule has 250 valence electrons. The van der Waals surface area contributed by atoms with E-state index in [0.29, 0.717) is 18.9 Å². The van der Waals surface area contributed by atoms with Crippen molar-refractivity contribution >= 4 is 5.97 Å². The Morgan fingerprint density at radius 3 is 1.21 bits per heavy atom. The molecule has 0 aliphatic heterocycles. The maximum absolute atomic E-state index is 12.5. The fraction of sp³-hybridized carbons (Fsp3) is 0.925. The molecule has 0 spiro atoms. The van der Waals surface area contributed by atoms with Gasteiger partial charge in [-0.05, 0) is 50.9 Å². The summed E-state index contributed by atoms with van der Waals surface area (Å²) in [6, 6.07) is 0. The molecule has 2 heteroatoms. The van der Waals surface area contributed by atoms with Crippen molar-refractivity contribution in [1.29, 1.82) is 0 Å². The Morgan fingerprint density at radius 1 is 0.452 bits per heavy atom. The van der Waals surface area contributed by atoms with Gasteiger partial charge < -0.3 is 4.74 Å². The highest BCUT2D eigenvalue weighted by Gasteiger charge is 2.12. The minimum Gasteiger partial charge on any atom is -0.465 e. The van der Waals surface area contributed by atoms with Crippen LogP contribution in [0.25, 0.3) is 0 Å². The number of hydrogen-bond donors (Lipinski definition) is 0. The van der Waals surface area contributed by atoms with Crippen LogP contribution in [-0.4, -0.2) is 12.6 Å². The molecular formula is C40H78O2. The normalized spacial score (nSPS) is 12.4. The maximum Gasteiger partial charge on any atom is 0.305 e. The summed E-state index contributed by atoms with van der Waals surface area (Å²) < 4.78 is 5.83. The van der Waals surface area contributed by atoms with E-state index in [2.05, 4.69) is 32.9 Å². The molecule has 1 atom stereocenters. The molecule has 0 amide bonds. The van der Waals surface area contributed by atoms with Crippen LogP contribution in [0.3, 0.4) is 0 Å². The molecule has 0 heterocycles. The minimum absolute atomic E-state index is 0.0463. The van der Waals surface area contributed by atoms with Gasteiger partial charge in [0.15, 0.2) is 0 Å². The fourth-order valence-corrected chi connectivity index (χ4v) is 6.07. The van der Waals surface area contributed by atoms with Gasteiger partial charge in [-0.25, -0.2) is 0 Å². The Kier molecular flexibility index (Phi) is 35.7. The zero-order valence-corrected chi connectivity index (χ0v) is 29.4. The third kappa shape index (κ3) is 33.7. The number of esters is 1. The van der Waals surface area contributed by atoms with Crippen molar-refractivity contribution in [2.75, 3.05) is 6.61 Å². The molecule has 0 fully saturated rings. The van der Waals surface area contributed by atoms with Crippen LogP contribution < -0.4 is 0 Å². The first kappa shape index (κ1) is 41.2. The first-order chi connectivity index (χ1) is 20.7. The molecule has 0 aromatic carbocycles. The first-order valence-electron chi connectivity index (χ1n) is 19.5. The second-order valence-corrected chi connectivity index (χ2v) is 13.4. The Labute approximate surface area is 266 Å². The van der Waals surface area contributed by atoms with Gasteiger partial charge in [0.05, 0.1) is 6.61 Å². The molecule has 0 aromatic heterocycles. The molecule has 0 aliphatic rings. The number of ether oxygens (including phenoxy) is 1. The van der Waals surface area contributed by atoms with E-state index in [4.69, 9.17) is 4.74 Å². The van der Waals surface area contributed by atoms with Crippen LogP contribution in [0.5, 0.6) is 0 Å². The highest BCUT2D eigenvalue weighted by Crippen LogP contribution is 2.21. The average molecular weight is 591 g/mol. The van der Waals surface area contributed by atoms with Crippen molar-refractivity contribution in [3.63, 3.8) is 0 Å². The second-order valence-electron chi connectivity index (χ2n) is 13.4. The van der Waals surface area contributed by atoms with Gasteiger partial charge in [0.25, 0.3) is 0 Å². The lowest BCUT2D eigenvalue weighted by molar-refractivity contribution is -0.145. The van der Waals surface area contributed by atoms with Crippen molar-refractivity contribution in [3.8, 4) is 0 Å². The van der Waals surface area contributed by atoms with E-state index in [1.165, 1.54) is 186 Å². The summed E-state index contributed by atoms with van der Waals surface area (Å²) in [6.45, 7) is 7.52. The lowest BCUT2D eigenvalue weighted by Gasteiger charge is -2.17. The summed E-state index contributed by atoms with van der Waals surface area (Å²) in [6.07, 6.45) is 46.6. The van der Waals surface area contributed by atoms with Gasteiger partial charge in [-0.15, -0.1) is 0 Å². The van der Waals surface area contributed by atoms with Gasteiger partial charge in [-0.1, -0.05) is 187 Å². The average Bonchev–Trinajstić information content (AvgIpc) is 3.00. The third-order valence-corrected chi connectivity index (χ3v) is 9.05. The quantitative estimate of drug-likeness (QED) is 0.0417. The second kappa shape index (κ2) is 36.4. The monoisotopic (exact) mass is 591 g/mol. The molecule has 2 nitrogen and oxygen atoms in total. The smallest absolute Gasteiger partial charge is 0.305 e. The lowest BCUT2D eigenvalue weighted by Crippen LogP contribution is -2.14. The van der Waals surface area contributed by atoms with E-state index in [-0.39, 0.29) is 5.97 Å². The van der Waals surface area contributed by atoms with Crippen molar-refractivity contribution in [2.45, 2.75) is 226 Å². The number of hydrogen-bond acceptors (Lipinski definition) is 2. The summed E-state index contributed by atoms with van der Waals surface area (Å²) in [5, 5.41) is 0. The molecule has 0 saturated carbocycles. The van der Waals surface area contributed by atoms with Gasteiger partial charge in [0.2, 0.25) is 0 Å². The third-order valence-electron chi connectivity index (χ3n) is 9.05. The SMILES string of the molecule is CCCCCC/C=C\CCCCCCCC(=O)OCC(CCCCCCCCCC)CCCCCCCCCCCC. The van der Waals surface area contributed by atoms with Crippen LogP contribution in [0.2, 0.25) is 0 Å². The van der Waals surface area contributed by atoms with E-state index in [1.807, 2.05) is 0 Å². The van der Waals surface area contributed by atoms with E-state index in [9.17, 15) is 4.79 Å². The number of carbonyl (C=O) groups is 1. The summed E-state index contributed by atoms with van der Waals surface area (Å²) in [7, 11) is 0. The maximum atomic E-state index is 12.5. The van der Waals surface area contributed by atoms with Gasteiger partial charge in [0, 0.05) is 6.42 Å². The van der Waals surface area contributed by atoms with E-state index in [1.54, 1.807) is 0 Å². The summed E-state index contributed by atoms with van der Waals surface area (Å²) in [4.78, 5) is 12.5. The van der Waals surface area contributed by atoms with Crippen LogP contribution in [0.1, 0.15) is 226 Å². The number of carbonyl (C=O) groups excluding carboxylic acids is 1. The Morgan fingerprint density at radius 2 is 0.786 bits per heavy atom. The molecule has 0 saturated heterocycles. The first-order valence-corrected chi connectivity index (χ1v) is 19.5. The molecule has 1 unspecified atom stereocenters. The zero-order valence-electron chi connectivity index (χ0n) is 29.4. The zero-order chi connectivity index (χ0) is 30.6. The molecule has 0 bridgehead atoms. The predicted molar refractivity (Wildman–Crippen MR) is 188 cm³/mol. The van der Waals surface area contributed by atoms with Crippen LogP contribution in [-0.2, 0) is 9.53 Å². The Hall–Kier alpha value is -0.790. The van der Waals surface area contributed by atoms with Crippen molar-refractivity contribution < 1.29 is 9.53 Å². The minimum atomic E-state index is 0.0463. The molecule has 0 radical (unpaired) electrons. The molecule has 0 rings (SSSR count). The van der Waals surface area contributed by atoms with E-state index in [0.717, 1.165) is 12.8 Å². The lowest BCUT2D eigenvalue weighted by atomic mass is 9.94. The summed E-state index contributed by atoms with van der Waals surface area (Å²) >= 11 is 0. The standard InChI is InChI=1S/C40H78O2/c1-4-7-10-13-16-19-21-22-23-25-28-31-34-37-40(41)42-38-39(35-32-29-26-18-15-12-9-6-3)36-33-30-27-24-20-17-14-11-8-5-2/h19,21,39H,4-18,20,22-38H2,1-3H3/b21-19-. The van der Waals surface area contributed by atoms with Crippen molar-refractivity contribution in [2.24, 2.45) is 5.92 Å². The van der Waals surface area contributed by atoms with Crippen molar-refractivity contribution in [1.82, 2.24) is 0 Å². The summed E-state index contributed by atoms with van der Waals surface area (Å²) in [5.74, 6) is 0.618. The Bertz CT molecular complexity index is 540. The molecule has 0 N–H and O–H groups in total. The van der Waals surface area contributed by atoms with E-state index >= 15 is 0 Å².